The lowest BCUT2D eigenvalue weighted by Crippen LogP contribution is -2.50. The van der Waals surface area contributed by atoms with E-state index in [1.54, 1.807) is 9.21 Å². The summed E-state index contributed by atoms with van der Waals surface area (Å²) in [6, 6.07) is 1.66. The van der Waals surface area contributed by atoms with Gasteiger partial charge in [0.25, 0.3) is 5.91 Å². The number of piperidine rings is 1. The number of amides is 1. The lowest BCUT2D eigenvalue weighted by molar-refractivity contribution is 0.0787. The second-order valence-corrected chi connectivity index (χ2v) is 10.1. The summed E-state index contributed by atoms with van der Waals surface area (Å²) in [6.45, 7) is 4.38. The lowest BCUT2D eigenvalue weighted by atomic mass is 9.75. The van der Waals surface area contributed by atoms with Crippen LogP contribution in [0.2, 0.25) is 0 Å². The summed E-state index contributed by atoms with van der Waals surface area (Å²) in [7, 11) is -3.55. The molecule has 0 aromatic carbocycles. The Labute approximate surface area is 156 Å². The molecule has 26 heavy (non-hydrogen) atoms. The number of nitrogens with zero attached hydrogens (tertiary/aromatic N) is 2. The smallest absolute Gasteiger partial charge is 0.270 e. The van der Waals surface area contributed by atoms with Gasteiger partial charge in [0.2, 0.25) is 10.0 Å². The van der Waals surface area contributed by atoms with Gasteiger partial charge in [0.1, 0.15) is 10.6 Å². The highest BCUT2D eigenvalue weighted by molar-refractivity contribution is 7.89. The predicted molar refractivity (Wildman–Crippen MR) is 99.3 cm³/mol. The Morgan fingerprint density at radius 3 is 2.65 bits per heavy atom. The highest BCUT2D eigenvalue weighted by atomic mass is 32.2. The molecule has 6 nitrogen and oxygen atoms in total. The van der Waals surface area contributed by atoms with Crippen LogP contribution in [0.25, 0.3) is 0 Å². The zero-order valence-electron chi connectivity index (χ0n) is 15.5. The summed E-state index contributed by atoms with van der Waals surface area (Å²) >= 11 is 0. The quantitative estimate of drug-likeness (QED) is 0.878. The number of nitrogens with one attached hydrogen (secondary N) is 1. The van der Waals surface area contributed by atoms with Crippen molar-refractivity contribution in [2.45, 2.75) is 62.8 Å². The standard InChI is InChI=1S/C19H29N3O3S/c1-14-6-7-18-15(11-14)5-4-10-22(18)26(24,25)16-12-17(20-13-16)19(23)21-8-2-3-9-21/h12-15,18,20H,2-11H2,1H3. The van der Waals surface area contributed by atoms with E-state index in [1.165, 1.54) is 12.3 Å². The second kappa shape index (κ2) is 7.00. The van der Waals surface area contributed by atoms with Gasteiger partial charge in [-0.1, -0.05) is 6.92 Å². The van der Waals surface area contributed by atoms with E-state index in [4.69, 9.17) is 0 Å². The van der Waals surface area contributed by atoms with Gasteiger partial charge in [-0.3, -0.25) is 4.79 Å². The van der Waals surface area contributed by atoms with Crippen LogP contribution in [-0.2, 0) is 10.0 Å². The normalized spacial score (nSPS) is 30.3. The molecule has 3 fully saturated rings. The maximum Gasteiger partial charge on any atom is 0.270 e. The maximum absolute atomic E-state index is 13.3. The van der Waals surface area contributed by atoms with Crippen LogP contribution in [0, 0.1) is 11.8 Å². The minimum atomic E-state index is -3.55. The van der Waals surface area contributed by atoms with Crippen molar-refractivity contribution in [1.29, 1.82) is 0 Å². The third-order valence-electron chi connectivity index (χ3n) is 6.41. The molecule has 2 aliphatic heterocycles. The van der Waals surface area contributed by atoms with Crippen molar-refractivity contribution in [2.75, 3.05) is 19.6 Å². The highest BCUT2D eigenvalue weighted by Gasteiger charge is 2.41. The maximum atomic E-state index is 13.3. The van der Waals surface area contributed by atoms with Gasteiger partial charge >= 0.3 is 0 Å². The number of rotatable bonds is 3. The highest BCUT2D eigenvalue weighted by Crippen LogP contribution is 2.40. The van der Waals surface area contributed by atoms with E-state index in [1.807, 2.05) is 0 Å². The van der Waals surface area contributed by atoms with E-state index >= 15 is 0 Å². The number of H-pyrrole nitrogens is 1. The predicted octanol–water partition coefficient (Wildman–Crippen LogP) is 2.84. The molecule has 4 rings (SSSR count). The van der Waals surface area contributed by atoms with Gasteiger partial charge in [0.15, 0.2) is 0 Å². The first-order valence-electron chi connectivity index (χ1n) is 9.96. The van der Waals surface area contributed by atoms with Crippen LogP contribution >= 0.6 is 0 Å². The molecule has 3 atom stereocenters. The van der Waals surface area contributed by atoms with E-state index in [0.717, 1.165) is 58.0 Å². The van der Waals surface area contributed by atoms with Crippen molar-refractivity contribution in [3.63, 3.8) is 0 Å². The minimum absolute atomic E-state index is 0.0908. The number of aromatic amines is 1. The summed E-state index contributed by atoms with van der Waals surface area (Å²) in [4.78, 5) is 17.5. The molecule has 144 valence electrons. The first-order valence-corrected chi connectivity index (χ1v) is 11.4. The van der Waals surface area contributed by atoms with Crippen molar-refractivity contribution in [2.24, 2.45) is 11.8 Å². The average Bonchev–Trinajstić information content (AvgIpc) is 3.32. The van der Waals surface area contributed by atoms with Gasteiger partial charge in [0, 0.05) is 31.9 Å². The van der Waals surface area contributed by atoms with Crippen LogP contribution in [0.1, 0.15) is 62.4 Å². The van der Waals surface area contributed by atoms with Crippen molar-refractivity contribution in [3.05, 3.63) is 18.0 Å². The molecule has 1 saturated carbocycles. The van der Waals surface area contributed by atoms with Crippen LogP contribution in [0.3, 0.4) is 0 Å². The van der Waals surface area contributed by atoms with Gasteiger partial charge in [-0.05, 0) is 62.8 Å². The fourth-order valence-corrected chi connectivity index (χ4v) is 6.77. The first kappa shape index (κ1) is 18.0. The third kappa shape index (κ3) is 3.20. The molecule has 3 unspecified atom stereocenters. The fraction of sp³-hybridized carbons (Fsp3) is 0.737. The molecule has 1 N–H and O–H groups in total. The molecule has 2 saturated heterocycles. The number of aromatic nitrogens is 1. The molecular weight excluding hydrogens is 350 g/mol. The van der Waals surface area contributed by atoms with Crippen LogP contribution < -0.4 is 0 Å². The minimum Gasteiger partial charge on any atom is -0.356 e. The van der Waals surface area contributed by atoms with Crippen molar-refractivity contribution in [3.8, 4) is 0 Å². The number of sulfonamides is 1. The van der Waals surface area contributed by atoms with Crippen LogP contribution in [0.4, 0.5) is 0 Å². The van der Waals surface area contributed by atoms with Gasteiger partial charge in [0.05, 0.1) is 0 Å². The Kier molecular flexibility index (Phi) is 4.86. The zero-order chi connectivity index (χ0) is 18.3. The molecule has 1 aromatic rings. The summed E-state index contributed by atoms with van der Waals surface area (Å²) in [5.74, 6) is 1.08. The monoisotopic (exact) mass is 379 g/mol. The lowest BCUT2D eigenvalue weighted by Gasteiger charge is -2.44. The van der Waals surface area contributed by atoms with E-state index in [2.05, 4.69) is 11.9 Å². The Bertz CT molecular complexity index is 767. The molecule has 1 amide bonds. The van der Waals surface area contributed by atoms with Crippen molar-refractivity contribution >= 4 is 15.9 Å². The van der Waals surface area contributed by atoms with Crippen LogP contribution in [0.15, 0.2) is 17.2 Å². The SMILES string of the molecule is CC1CCC2C(CCCN2S(=O)(=O)c2c[nH]c(C(=O)N3CCCC3)c2)C1. The molecule has 3 aliphatic rings. The molecule has 1 aromatic heterocycles. The number of likely N-dealkylation sites (tertiary alicyclic amines) is 1. The molecule has 0 bridgehead atoms. The summed E-state index contributed by atoms with van der Waals surface area (Å²) in [6.07, 6.45) is 8.77. The molecular formula is C19H29N3O3S. The molecule has 3 heterocycles. The number of hydrogen-bond donors (Lipinski definition) is 1. The topological polar surface area (TPSA) is 73.5 Å². The summed E-state index contributed by atoms with van der Waals surface area (Å²) < 4.78 is 28.2. The Morgan fingerprint density at radius 1 is 1.12 bits per heavy atom. The average molecular weight is 380 g/mol. The van der Waals surface area contributed by atoms with Gasteiger partial charge < -0.3 is 9.88 Å². The van der Waals surface area contributed by atoms with Gasteiger partial charge in [-0.25, -0.2) is 8.42 Å². The van der Waals surface area contributed by atoms with Crippen molar-refractivity contribution in [1.82, 2.24) is 14.2 Å². The number of fused-ring (bicyclic) bond motifs is 1. The molecule has 0 radical (unpaired) electrons. The van der Waals surface area contributed by atoms with Crippen molar-refractivity contribution < 1.29 is 13.2 Å². The number of carbonyl (C=O) groups is 1. The first-order chi connectivity index (χ1) is 12.5. The summed E-state index contributed by atoms with van der Waals surface area (Å²) in [5, 5.41) is 0. The largest absolute Gasteiger partial charge is 0.356 e. The zero-order valence-corrected chi connectivity index (χ0v) is 16.3. The van der Waals surface area contributed by atoms with Gasteiger partial charge in [-0.15, -0.1) is 0 Å². The Balaban J connectivity index is 1.55. The molecule has 0 spiro atoms. The van der Waals surface area contributed by atoms with E-state index in [0.29, 0.717) is 24.1 Å². The Morgan fingerprint density at radius 2 is 1.88 bits per heavy atom. The summed E-state index contributed by atoms with van der Waals surface area (Å²) in [5.41, 5.74) is 0.385. The second-order valence-electron chi connectivity index (χ2n) is 8.25. The Hall–Kier alpha value is -1.34. The van der Waals surface area contributed by atoms with E-state index < -0.39 is 10.0 Å². The number of hydrogen-bond acceptors (Lipinski definition) is 3. The third-order valence-corrected chi connectivity index (χ3v) is 8.32. The van der Waals surface area contributed by atoms with Crippen LogP contribution in [0.5, 0.6) is 0 Å². The van der Waals surface area contributed by atoms with E-state index in [-0.39, 0.29) is 16.8 Å². The molecule has 7 heteroatoms. The fourth-order valence-electron chi connectivity index (χ4n) is 5.02. The van der Waals surface area contributed by atoms with Gasteiger partial charge in [-0.2, -0.15) is 4.31 Å². The van der Waals surface area contributed by atoms with E-state index in [9.17, 15) is 13.2 Å². The number of carbonyl (C=O) groups excluding carboxylic acids is 1. The molecule has 1 aliphatic carbocycles. The van der Waals surface area contributed by atoms with Crippen LogP contribution in [-0.4, -0.2) is 54.2 Å².